The number of alkyl halides is 1. The summed E-state index contributed by atoms with van der Waals surface area (Å²) in [5, 5.41) is 0.891. The Morgan fingerprint density at radius 1 is 1.26 bits per heavy atom. The van der Waals surface area contributed by atoms with Crippen molar-refractivity contribution in [2.45, 2.75) is 31.6 Å². The van der Waals surface area contributed by atoms with Crippen molar-refractivity contribution in [1.82, 2.24) is 0 Å². The van der Waals surface area contributed by atoms with Crippen molar-refractivity contribution in [1.29, 1.82) is 0 Å². The maximum Gasteiger partial charge on any atom is 0.336 e. The summed E-state index contributed by atoms with van der Waals surface area (Å²) in [6.07, 6.45) is 1.46. The maximum atomic E-state index is 11.4. The van der Waals surface area contributed by atoms with Gasteiger partial charge in [-0.3, -0.25) is 0 Å². The highest BCUT2D eigenvalue weighted by Gasteiger charge is 2.17. The molecule has 0 amide bonds. The van der Waals surface area contributed by atoms with E-state index in [4.69, 9.17) is 20.8 Å². The molecular formula is C15H17ClO3. The molecule has 0 N–H and O–H groups in total. The van der Waals surface area contributed by atoms with Gasteiger partial charge in [0.25, 0.3) is 0 Å². The number of aryl methyl sites for hydroxylation is 1. The van der Waals surface area contributed by atoms with Crippen LogP contribution in [0.25, 0.3) is 11.0 Å². The van der Waals surface area contributed by atoms with Gasteiger partial charge in [-0.1, -0.05) is 0 Å². The quantitative estimate of drug-likeness (QED) is 0.632. The molecule has 2 rings (SSSR count). The zero-order valence-corrected chi connectivity index (χ0v) is 12.1. The van der Waals surface area contributed by atoms with Gasteiger partial charge in [-0.25, -0.2) is 4.79 Å². The normalized spacial score (nSPS) is 11.8. The zero-order valence-electron chi connectivity index (χ0n) is 11.3. The second kappa shape index (κ2) is 5.25. The van der Waals surface area contributed by atoms with E-state index in [1.165, 1.54) is 6.07 Å². The summed E-state index contributed by atoms with van der Waals surface area (Å²) in [6.45, 7) is 3.92. The third kappa shape index (κ3) is 3.29. The summed E-state index contributed by atoms with van der Waals surface area (Å²) in [4.78, 5) is 11.1. The van der Waals surface area contributed by atoms with E-state index in [0.717, 1.165) is 23.1 Å². The van der Waals surface area contributed by atoms with E-state index in [0.29, 0.717) is 12.0 Å². The second-order valence-electron chi connectivity index (χ2n) is 5.14. The van der Waals surface area contributed by atoms with Crippen LogP contribution in [-0.4, -0.2) is 12.0 Å². The van der Waals surface area contributed by atoms with Crippen LogP contribution < -0.4 is 10.4 Å². The lowest BCUT2D eigenvalue weighted by atomic mass is 9.99. The highest BCUT2D eigenvalue weighted by molar-refractivity contribution is 6.23. The monoisotopic (exact) mass is 280 g/mol. The minimum absolute atomic E-state index is 0.303. The van der Waals surface area contributed by atoms with E-state index in [9.17, 15) is 4.79 Å². The molecule has 19 heavy (non-hydrogen) atoms. The van der Waals surface area contributed by atoms with Gasteiger partial charge in [0.15, 0.2) is 0 Å². The van der Waals surface area contributed by atoms with Crippen LogP contribution in [0.2, 0.25) is 0 Å². The fourth-order valence-corrected chi connectivity index (χ4v) is 2.12. The molecule has 0 aliphatic carbocycles. The average molecular weight is 281 g/mol. The van der Waals surface area contributed by atoms with Gasteiger partial charge in [-0.05, 0) is 44.9 Å². The fraction of sp³-hybridized carbons (Fsp3) is 0.400. The van der Waals surface area contributed by atoms with Gasteiger partial charge >= 0.3 is 5.63 Å². The van der Waals surface area contributed by atoms with Crippen molar-refractivity contribution in [3.8, 4) is 5.75 Å². The molecule has 1 heterocycles. The Hall–Kier alpha value is -1.48. The van der Waals surface area contributed by atoms with Crippen LogP contribution in [0.5, 0.6) is 5.75 Å². The molecule has 1 aromatic carbocycles. The van der Waals surface area contributed by atoms with Crippen LogP contribution in [0.4, 0.5) is 0 Å². The zero-order chi connectivity index (χ0) is 14.0. The molecular weight excluding hydrogens is 264 g/mol. The van der Waals surface area contributed by atoms with Gasteiger partial charge in [-0.2, -0.15) is 0 Å². The number of fused-ring (bicyclic) bond motifs is 1. The van der Waals surface area contributed by atoms with E-state index in [-0.39, 0.29) is 10.5 Å². The van der Waals surface area contributed by atoms with Crippen molar-refractivity contribution in [2.75, 3.05) is 7.11 Å². The van der Waals surface area contributed by atoms with Crippen molar-refractivity contribution in [3.05, 3.63) is 40.2 Å². The Bertz CT molecular complexity index is 638. The Kier molecular flexibility index (Phi) is 3.85. The van der Waals surface area contributed by atoms with Crippen LogP contribution in [0.3, 0.4) is 0 Å². The summed E-state index contributed by atoms with van der Waals surface area (Å²) < 4.78 is 10.7. The topological polar surface area (TPSA) is 39.4 Å². The number of benzene rings is 1. The lowest BCUT2D eigenvalue weighted by molar-refractivity contribution is 0.407. The number of halogens is 1. The van der Waals surface area contributed by atoms with E-state index in [1.807, 2.05) is 26.0 Å². The Morgan fingerprint density at radius 3 is 2.58 bits per heavy atom. The average Bonchev–Trinajstić information content (AvgIpc) is 2.34. The summed E-state index contributed by atoms with van der Waals surface area (Å²) in [6, 6.07) is 6.95. The molecule has 0 aliphatic rings. The lowest BCUT2D eigenvalue weighted by Crippen LogP contribution is -2.12. The molecule has 0 fully saturated rings. The molecule has 0 saturated carbocycles. The molecule has 1 aromatic heterocycles. The number of ether oxygens (including phenoxy) is 1. The molecule has 0 unspecified atom stereocenters. The molecule has 102 valence electrons. The molecule has 4 heteroatoms. The van der Waals surface area contributed by atoms with E-state index in [1.54, 1.807) is 13.2 Å². The SMILES string of the molecule is COc1ccc2ccc(=O)oc2c1CCC(C)(C)Cl. The highest BCUT2D eigenvalue weighted by Crippen LogP contribution is 2.31. The van der Waals surface area contributed by atoms with E-state index in [2.05, 4.69) is 0 Å². The van der Waals surface area contributed by atoms with Crippen molar-refractivity contribution in [2.24, 2.45) is 0 Å². The van der Waals surface area contributed by atoms with Gasteiger partial charge in [-0.15, -0.1) is 11.6 Å². The molecule has 0 atom stereocenters. The number of methoxy groups -OCH3 is 1. The summed E-state index contributed by atoms with van der Waals surface area (Å²) in [5.74, 6) is 0.725. The third-order valence-electron chi connectivity index (χ3n) is 3.04. The van der Waals surface area contributed by atoms with Crippen LogP contribution in [0.15, 0.2) is 33.5 Å². The van der Waals surface area contributed by atoms with Gasteiger partial charge in [0.2, 0.25) is 0 Å². The highest BCUT2D eigenvalue weighted by atomic mass is 35.5. The predicted molar refractivity (Wildman–Crippen MR) is 77.3 cm³/mol. The first-order valence-corrected chi connectivity index (χ1v) is 6.57. The van der Waals surface area contributed by atoms with E-state index < -0.39 is 0 Å². The van der Waals surface area contributed by atoms with Crippen molar-refractivity contribution in [3.63, 3.8) is 0 Å². The standard InChI is InChI=1S/C15H17ClO3/c1-15(2,16)9-8-11-12(18-3)6-4-10-5-7-13(17)19-14(10)11/h4-7H,8-9H2,1-3H3. The third-order valence-corrected chi connectivity index (χ3v) is 3.23. The van der Waals surface area contributed by atoms with Crippen molar-refractivity contribution >= 4 is 22.6 Å². The summed E-state index contributed by atoms with van der Waals surface area (Å²) >= 11 is 6.23. The Labute approximate surface area is 117 Å². The molecule has 2 aromatic rings. The minimum Gasteiger partial charge on any atom is -0.496 e. The first-order chi connectivity index (χ1) is 8.90. The molecule has 3 nitrogen and oxygen atoms in total. The largest absolute Gasteiger partial charge is 0.496 e. The molecule has 0 bridgehead atoms. The van der Waals surface area contributed by atoms with Gasteiger partial charge in [0.05, 0.1) is 7.11 Å². The first-order valence-electron chi connectivity index (χ1n) is 6.19. The molecule has 0 spiro atoms. The molecule has 0 aliphatic heterocycles. The van der Waals surface area contributed by atoms with Crippen LogP contribution in [0.1, 0.15) is 25.8 Å². The number of hydrogen-bond acceptors (Lipinski definition) is 3. The molecule has 0 saturated heterocycles. The lowest BCUT2D eigenvalue weighted by Gasteiger charge is -2.17. The van der Waals surface area contributed by atoms with Gasteiger partial charge in [0, 0.05) is 21.9 Å². The van der Waals surface area contributed by atoms with E-state index >= 15 is 0 Å². The van der Waals surface area contributed by atoms with Gasteiger partial charge in [0.1, 0.15) is 11.3 Å². The fourth-order valence-electron chi connectivity index (χ4n) is 2.02. The Morgan fingerprint density at radius 2 is 1.95 bits per heavy atom. The first kappa shape index (κ1) is 13.9. The molecule has 0 radical (unpaired) electrons. The number of rotatable bonds is 4. The van der Waals surface area contributed by atoms with Crippen LogP contribution in [0, 0.1) is 0 Å². The van der Waals surface area contributed by atoms with Crippen molar-refractivity contribution < 1.29 is 9.15 Å². The van der Waals surface area contributed by atoms with Crippen LogP contribution in [-0.2, 0) is 6.42 Å². The van der Waals surface area contributed by atoms with Crippen LogP contribution >= 0.6 is 11.6 Å². The van der Waals surface area contributed by atoms with Gasteiger partial charge < -0.3 is 9.15 Å². The maximum absolute atomic E-state index is 11.4. The minimum atomic E-state index is -0.355. The number of hydrogen-bond donors (Lipinski definition) is 0. The second-order valence-corrected chi connectivity index (χ2v) is 6.16. The summed E-state index contributed by atoms with van der Waals surface area (Å²) in [5.41, 5.74) is 1.13. The predicted octanol–water partition coefficient (Wildman–Crippen LogP) is 3.75. The Balaban J connectivity index is 2.53. The smallest absolute Gasteiger partial charge is 0.336 e. The summed E-state index contributed by atoms with van der Waals surface area (Å²) in [7, 11) is 1.61.